The van der Waals surface area contributed by atoms with Crippen molar-refractivity contribution in [1.82, 2.24) is 10.3 Å². The van der Waals surface area contributed by atoms with Gasteiger partial charge in [0.25, 0.3) is 0 Å². The Morgan fingerprint density at radius 2 is 2.40 bits per heavy atom. The number of thiophene rings is 1. The van der Waals surface area contributed by atoms with Gasteiger partial charge in [0.15, 0.2) is 0 Å². The average Bonchev–Trinajstić information content (AvgIpc) is 2.84. The second kappa shape index (κ2) is 4.88. The second-order valence-electron chi connectivity index (χ2n) is 3.46. The van der Waals surface area contributed by atoms with Gasteiger partial charge in [0.2, 0.25) is 0 Å². The highest BCUT2D eigenvalue weighted by Gasteiger charge is 2.06. The van der Waals surface area contributed by atoms with E-state index < -0.39 is 0 Å². The molecule has 0 bridgehead atoms. The summed E-state index contributed by atoms with van der Waals surface area (Å²) in [7, 11) is 0. The smallest absolute Gasteiger partial charge is 0.0897 e. The predicted molar refractivity (Wildman–Crippen MR) is 66.4 cm³/mol. The highest BCUT2D eigenvalue weighted by Crippen LogP contribution is 2.19. The van der Waals surface area contributed by atoms with Crippen LogP contribution in [-0.4, -0.2) is 4.98 Å². The van der Waals surface area contributed by atoms with E-state index in [1.165, 1.54) is 9.75 Å². The molecule has 1 unspecified atom stereocenters. The van der Waals surface area contributed by atoms with Crippen molar-refractivity contribution < 1.29 is 0 Å². The van der Waals surface area contributed by atoms with Gasteiger partial charge in [-0.1, -0.05) is 6.07 Å². The van der Waals surface area contributed by atoms with Crippen LogP contribution in [0.1, 0.15) is 27.7 Å². The minimum absolute atomic E-state index is 0.424. The van der Waals surface area contributed by atoms with Gasteiger partial charge in [0.1, 0.15) is 0 Å². The second-order valence-corrected chi connectivity index (χ2v) is 5.76. The first-order valence-corrected chi connectivity index (χ1v) is 6.63. The molecule has 0 saturated carbocycles. The lowest BCUT2D eigenvalue weighted by Gasteiger charge is -2.10. The molecular formula is C11H14N2S2. The summed E-state index contributed by atoms with van der Waals surface area (Å²) in [6.45, 7) is 5.14. The zero-order valence-electron chi connectivity index (χ0n) is 8.86. The summed E-state index contributed by atoms with van der Waals surface area (Å²) < 4.78 is 0. The zero-order valence-corrected chi connectivity index (χ0v) is 10.5. The fourth-order valence-corrected chi connectivity index (χ4v) is 2.88. The van der Waals surface area contributed by atoms with Crippen LogP contribution >= 0.6 is 22.7 Å². The first-order chi connectivity index (χ1) is 7.25. The zero-order chi connectivity index (χ0) is 10.7. The molecule has 15 heavy (non-hydrogen) atoms. The van der Waals surface area contributed by atoms with E-state index >= 15 is 0 Å². The Labute approximate surface area is 98.0 Å². The van der Waals surface area contributed by atoms with E-state index in [1.807, 2.05) is 13.1 Å². The van der Waals surface area contributed by atoms with Crippen LogP contribution in [0.5, 0.6) is 0 Å². The molecule has 2 heterocycles. The van der Waals surface area contributed by atoms with Crippen LogP contribution in [0.4, 0.5) is 0 Å². The van der Waals surface area contributed by atoms with Crippen molar-refractivity contribution in [2.75, 3.05) is 0 Å². The van der Waals surface area contributed by atoms with Crippen LogP contribution in [0, 0.1) is 6.92 Å². The van der Waals surface area contributed by atoms with Crippen LogP contribution in [-0.2, 0) is 6.54 Å². The molecule has 2 aromatic heterocycles. The Bertz CT molecular complexity index is 406. The maximum Gasteiger partial charge on any atom is 0.0897 e. The molecule has 2 nitrogen and oxygen atoms in total. The van der Waals surface area contributed by atoms with E-state index in [4.69, 9.17) is 0 Å². The highest BCUT2D eigenvalue weighted by atomic mass is 32.1. The summed E-state index contributed by atoms with van der Waals surface area (Å²) in [5.41, 5.74) is 0. The van der Waals surface area contributed by atoms with Crippen molar-refractivity contribution in [2.45, 2.75) is 26.4 Å². The molecule has 0 aliphatic rings. The molecule has 1 N–H and O–H groups in total. The molecule has 2 rings (SSSR count). The molecule has 0 fully saturated rings. The normalized spacial score (nSPS) is 12.9. The minimum Gasteiger partial charge on any atom is -0.304 e. The van der Waals surface area contributed by atoms with Gasteiger partial charge in [0, 0.05) is 28.5 Å². The van der Waals surface area contributed by atoms with E-state index in [0.717, 1.165) is 11.6 Å². The maximum absolute atomic E-state index is 4.24. The largest absolute Gasteiger partial charge is 0.304 e. The average molecular weight is 238 g/mol. The molecule has 0 aliphatic carbocycles. The van der Waals surface area contributed by atoms with Crippen molar-refractivity contribution in [2.24, 2.45) is 0 Å². The molecule has 4 heteroatoms. The summed E-state index contributed by atoms with van der Waals surface area (Å²) in [6, 6.07) is 4.68. The number of aromatic nitrogens is 1. The summed E-state index contributed by atoms with van der Waals surface area (Å²) in [5.74, 6) is 0. The van der Waals surface area contributed by atoms with Crippen LogP contribution < -0.4 is 5.32 Å². The number of nitrogens with zero attached hydrogens (tertiary/aromatic N) is 1. The number of rotatable bonds is 4. The molecule has 0 saturated heterocycles. The van der Waals surface area contributed by atoms with E-state index in [9.17, 15) is 0 Å². The number of thiazole rings is 1. The lowest BCUT2D eigenvalue weighted by molar-refractivity contribution is 0.587. The van der Waals surface area contributed by atoms with Gasteiger partial charge in [-0.3, -0.25) is 0 Å². The molecule has 80 valence electrons. The molecule has 0 radical (unpaired) electrons. The highest BCUT2D eigenvalue weighted by molar-refractivity contribution is 7.11. The number of nitrogens with one attached hydrogen (secondary N) is 1. The Hall–Kier alpha value is -0.710. The fourth-order valence-electron chi connectivity index (χ4n) is 1.38. The Morgan fingerprint density at radius 1 is 1.53 bits per heavy atom. The van der Waals surface area contributed by atoms with Crippen LogP contribution in [0.15, 0.2) is 23.7 Å². The first-order valence-electron chi connectivity index (χ1n) is 4.94. The number of aryl methyl sites for hydroxylation is 1. The van der Waals surface area contributed by atoms with Gasteiger partial charge in [0.05, 0.1) is 5.01 Å². The molecule has 0 amide bonds. The third kappa shape index (κ3) is 2.87. The van der Waals surface area contributed by atoms with Crippen LogP contribution in [0.25, 0.3) is 0 Å². The number of hydrogen-bond donors (Lipinski definition) is 1. The predicted octanol–water partition coefficient (Wildman–Crippen LogP) is 3.36. The lowest BCUT2D eigenvalue weighted by Crippen LogP contribution is -2.16. The lowest BCUT2D eigenvalue weighted by atomic mass is 10.3. The number of hydrogen-bond acceptors (Lipinski definition) is 4. The van der Waals surface area contributed by atoms with Gasteiger partial charge in [-0.2, -0.15) is 0 Å². The van der Waals surface area contributed by atoms with Crippen molar-refractivity contribution >= 4 is 22.7 Å². The molecule has 1 atom stereocenters. The summed E-state index contributed by atoms with van der Waals surface area (Å²) in [5, 5.41) is 6.75. The fraction of sp³-hybridized carbons (Fsp3) is 0.364. The Morgan fingerprint density at radius 3 is 3.00 bits per heavy atom. The van der Waals surface area contributed by atoms with E-state index in [-0.39, 0.29) is 0 Å². The minimum atomic E-state index is 0.424. The quantitative estimate of drug-likeness (QED) is 0.883. The van der Waals surface area contributed by atoms with Crippen molar-refractivity contribution in [3.05, 3.63) is 38.5 Å². The monoisotopic (exact) mass is 238 g/mol. The first kappa shape index (κ1) is 10.8. The Kier molecular flexibility index (Phi) is 3.51. The summed E-state index contributed by atoms with van der Waals surface area (Å²) >= 11 is 3.55. The van der Waals surface area contributed by atoms with Gasteiger partial charge in [-0.15, -0.1) is 22.7 Å². The third-order valence-electron chi connectivity index (χ3n) is 2.22. The Balaban J connectivity index is 1.88. The summed E-state index contributed by atoms with van der Waals surface area (Å²) in [4.78, 5) is 6.93. The molecular weight excluding hydrogens is 224 g/mol. The molecule has 2 aromatic rings. The standard InChI is InChI=1S/C11H14N2S2/c1-8(11-4-3-5-14-11)12-6-10-7-13-9(2)15-10/h3-5,7-8,12H,6H2,1-2H3. The van der Waals surface area contributed by atoms with E-state index in [1.54, 1.807) is 22.7 Å². The van der Waals surface area contributed by atoms with Crippen molar-refractivity contribution in [3.8, 4) is 0 Å². The molecule has 0 aromatic carbocycles. The third-order valence-corrected chi connectivity index (χ3v) is 4.19. The topological polar surface area (TPSA) is 24.9 Å². The van der Waals surface area contributed by atoms with Gasteiger partial charge >= 0.3 is 0 Å². The van der Waals surface area contributed by atoms with Crippen LogP contribution in [0.3, 0.4) is 0 Å². The molecule has 0 aliphatic heterocycles. The SMILES string of the molecule is Cc1ncc(CNC(C)c2cccs2)s1. The summed E-state index contributed by atoms with van der Waals surface area (Å²) in [6.07, 6.45) is 1.95. The van der Waals surface area contributed by atoms with E-state index in [0.29, 0.717) is 6.04 Å². The van der Waals surface area contributed by atoms with E-state index in [2.05, 4.69) is 34.7 Å². The van der Waals surface area contributed by atoms with Gasteiger partial charge in [-0.05, 0) is 25.3 Å². The van der Waals surface area contributed by atoms with Gasteiger partial charge in [-0.25, -0.2) is 4.98 Å². The van der Waals surface area contributed by atoms with Gasteiger partial charge < -0.3 is 5.32 Å². The maximum atomic E-state index is 4.24. The van der Waals surface area contributed by atoms with Crippen molar-refractivity contribution in [1.29, 1.82) is 0 Å². The van der Waals surface area contributed by atoms with Crippen molar-refractivity contribution in [3.63, 3.8) is 0 Å². The molecule has 0 spiro atoms. The van der Waals surface area contributed by atoms with Crippen LogP contribution in [0.2, 0.25) is 0 Å².